The highest BCUT2D eigenvalue weighted by atomic mass is 79.9. The van der Waals surface area contributed by atoms with Gasteiger partial charge in [-0.1, -0.05) is 29.8 Å². The van der Waals surface area contributed by atoms with E-state index in [9.17, 15) is 5.11 Å². The normalized spacial score (nSPS) is 12.9. The van der Waals surface area contributed by atoms with Crippen LogP contribution in [0.5, 0.6) is 5.75 Å². The molecule has 1 aromatic carbocycles. The summed E-state index contributed by atoms with van der Waals surface area (Å²) >= 11 is 3.41. The van der Waals surface area contributed by atoms with Gasteiger partial charge < -0.3 is 14.9 Å². The monoisotopic (exact) mass is 288 g/mol. The number of benzene rings is 1. The summed E-state index contributed by atoms with van der Waals surface area (Å²) in [5.74, 6) is 1.10. The molecule has 90 valence electrons. The Morgan fingerprint density at radius 1 is 1.38 bits per heavy atom. The third-order valence-corrected chi connectivity index (χ3v) is 2.73. The standard InChI is InChI=1S/C12H17BrO3/c1-8(2)11-5-9(13)3-4-12(11)16-7-10(15)6-14/h3-5,8,10,14-15H,6-7H2,1-2H3. The zero-order valence-corrected chi connectivity index (χ0v) is 11.1. The van der Waals surface area contributed by atoms with Crippen LogP contribution in [0.4, 0.5) is 0 Å². The molecule has 0 amide bonds. The Morgan fingerprint density at radius 3 is 2.62 bits per heavy atom. The summed E-state index contributed by atoms with van der Waals surface area (Å²) in [5, 5.41) is 17.9. The fraction of sp³-hybridized carbons (Fsp3) is 0.500. The van der Waals surface area contributed by atoms with Crippen LogP contribution in [-0.2, 0) is 0 Å². The van der Waals surface area contributed by atoms with Crippen LogP contribution >= 0.6 is 15.9 Å². The number of hydrogen-bond donors (Lipinski definition) is 2. The lowest BCUT2D eigenvalue weighted by Gasteiger charge is -2.16. The van der Waals surface area contributed by atoms with Gasteiger partial charge in [0, 0.05) is 4.47 Å². The number of halogens is 1. The van der Waals surface area contributed by atoms with Gasteiger partial charge >= 0.3 is 0 Å². The first-order valence-corrected chi connectivity index (χ1v) is 6.05. The number of aliphatic hydroxyl groups is 2. The molecule has 0 aliphatic heterocycles. The molecule has 0 aliphatic rings. The van der Waals surface area contributed by atoms with Crippen LogP contribution in [0.25, 0.3) is 0 Å². The van der Waals surface area contributed by atoms with Crippen molar-refractivity contribution < 1.29 is 14.9 Å². The molecule has 0 spiro atoms. The van der Waals surface area contributed by atoms with Gasteiger partial charge in [-0.25, -0.2) is 0 Å². The molecule has 1 unspecified atom stereocenters. The van der Waals surface area contributed by atoms with Crippen LogP contribution in [0.2, 0.25) is 0 Å². The molecular weight excluding hydrogens is 272 g/mol. The summed E-state index contributed by atoms with van der Waals surface area (Å²) in [7, 11) is 0. The van der Waals surface area contributed by atoms with Gasteiger partial charge in [-0.3, -0.25) is 0 Å². The van der Waals surface area contributed by atoms with Gasteiger partial charge in [-0.2, -0.15) is 0 Å². The highest BCUT2D eigenvalue weighted by molar-refractivity contribution is 9.10. The summed E-state index contributed by atoms with van der Waals surface area (Å²) < 4.78 is 6.48. The lowest BCUT2D eigenvalue weighted by atomic mass is 10.0. The van der Waals surface area contributed by atoms with E-state index in [2.05, 4.69) is 29.8 Å². The first-order chi connectivity index (χ1) is 7.54. The first kappa shape index (κ1) is 13.5. The van der Waals surface area contributed by atoms with Crippen molar-refractivity contribution in [3.05, 3.63) is 28.2 Å². The van der Waals surface area contributed by atoms with Crippen molar-refractivity contribution >= 4 is 15.9 Å². The van der Waals surface area contributed by atoms with Gasteiger partial charge in [0.1, 0.15) is 18.5 Å². The molecule has 0 bridgehead atoms. The minimum atomic E-state index is -0.830. The number of aliphatic hydroxyl groups excluding tert-OH is 2. The lowest BCUT2D eigenvalue weighted by Crippen LogP contribution is -2.21. The Labute approximate surface area is 104 Å². The molecule has 4 heteroatoms. The maximum atomic E-state index is 9.22. The van der Waals surface area contributed by atoms with Crippen molar-refractivity contribution in [2.75, 3.05) is 13.2 Å². The number of ether oxygens (including phenoxy) is 1. The predicted molar refractivity (Wildman–Crippen MR) is 66.8 cm³/mol. The highest BCUT2D eigenvalue weighted by Crippen LogP contribution is 2.29. The SMILES string of the molecule is CC(C)c1cc(Br)ccc1OCC(O)CO. The van der Waals surface area contributed by atoms with E-state index in [-0.39, 0.29) is 13.2 Å². The topological polar surface area (TPSA) is 49.7 Å². The molecule has 1 rings (SSSR count). The van der Waals surface area contributed by atoms with Crippen LogP contribution in [0.3, 0.4) is 0 Å². The lowest BCUT2D eigenvalue weighted by molar-refractivity contribution is 0.0532. The molecular formula is C12H17BrO3. The molecule has 1 atom stereocenters. The van der Waals surface area contributed by atoms with Gasteiger partial charge in [0.15, 0.2) is 0 Å². The van der Waals surface area contributed by atoms with E-state index >= 15 is 0 Å². The van der Waals surface area contributed by atoms with Gasteiger partial charge in [0.05, 0.1) is 6.61 Å². The third kappa shape index (κ3) is 3.77. The summed E-state index contributed by atoms with van der Waals surface area (Å²) in [4.78, 5) is 0. The van der Waals surface area contributed by atoms with Crippen molar-refractivity contribution in [2.24, 2.45) is 0 Å². The Kier molecular flexibility index (Phi) is 5.25. The summed E-state index contributed by atoms with van der Waals surface area (Å²) in [6.45, 7) is 3.99. The van der Waals surface area contributed by atoms with E-state index < -0.39 is 6.10 Å². The Hall–Kier alpha value is -0.580. The van der Waals surface area contributed by atoms with E-state index in [0.29, 0.717) is 5.92 Å². The summed E-state index contributed by atoms with van der Waals surface area (Å²) in [6.07, 6.45) is -0.830. The van der Waals surface area contributed by atoms with Crippen LogP contribution in [0.15, 0.2) is 22.7 Å². The number of rotatable bonds is 5. The van der Waals surface area contributed by atoms with Crippen LogP contribution < -0.4 is 4.74 Å². The second-order valence-corrected chi connectivity index (χ2v) is 4.90. The zero-order chi connectivity index (χ0) is 12.1. The summed E-state index contributed by atoms with van der Waals surface area (Å²) in [5.41, 5.74) is 1.08. The number of hydrogen-bond acceptors (Lipinski definition) is 3. The molecule has 0 saturated heterocycles. The highest BCUT2D eigenvalue weighted by Gasteiger charge is 2.10. The molecule has 16 heavy (non-hydrogen) atoms. The quantitative estimate of drug-likeness (QED) is 0.874. The third-order valence-electron chi connectivity index (χ3n) is 2.24. The van der Waals surface area contributed by atoms with Crippen molar-refractivity contribution in [3.63, 3.8) is 0 Å². The minimum Gasteiger partial charge on any atom is -0.491 e. The maximum absolute atomic E-state index is 9.22. The van der Waals surface area contributed by atoms with Crippen LogP contribution in [0, 0.1) is 0 Å². The van der Waals surface area contributed by atoms with Gasteiger partial charge in [0.2, 0.25) is 0 Å². The average molecular weight is 289 g/mol. The zero-order valence-electron chi connectivity index (χ0n) is 9.48. The minimum absolute atomic E-state index is 0.109. The predicted octanol–water partition coefficient (Wildman–Crippen LogP) is 2.30. The molecule has 0 aromatic heterocycles. The van der Waals surface area contributed by atoms with Crippen molar-refractivity contribution in [1.29, 1.82) is 0 Å². The molecule has 0 aliphatic carbocycles. The van der Waals surface area contributed by atoms with Crippen molar-refractivity contribution in [1.82, 2.24) is 0 Å². The van der Waals surface area contributed by atoms with Gasteiger partial charge in [-0.15, -0.1) is 0 Å². The average Bonchev–Trinajstić information content (AvgIpc) is 2.26. The molecule has 0 saturated carbocycles. The first-order valence-electron chi connectivity index (χ1n) is 5.25. The Morgan fingerprint density at radius 2 is 2.06 bits per heavy atom. The largest absolute Gasteiger partial charge is 0.491 e. The van der Waals surface area contributed by atoms with E-state index in [1.807, 2.05) is 18.2 Å². The van der Waals surface area contributed by atoms with E-state index in [1.165, 1.54) is 0 Å². The maximum Gasteiger partial charge on any atom is 0.122 e. The van der Waals surface area contributed by atoms with E-state index in [0.717, 1.165) is 15.8 Å². The fourth-order valence-electron chi connectivity index (χ4n) is 1.34. The second-order valence-electron chi connectivity index (χ2n) is 3.98. The van der Waals surface area contributed by atoms with Gasteiger partial charge in [0.25, 0.3) is 0 Å². The molecule has 2 N–H and O–H groups in total. The molecule has 3 nitrogen and oxygen atoms in total. The van der Waals surface area contributed by atoms with E-state index in [1.54, 1.807) is 0 Å². The fourth-order valence-corrected chi connectivity index (χ4v) is 1.72. The smallest absolute Gasteiger partial charge is 0.122 e. The van der Waals surface area contributed by atoms with Gasteiger partial charge in [-0.05, 0) is 29.7 Å². The van der Waals surface area contributed by atoms with E-state index in [4.69, 9.17) is 9.84 Å². The molecule has 0 radical (unpaired) electrons. The van der Waals surface area contributed by atoms with Crippen molar-refractivity contribution in [2.45, 2.75) is 25.9 Å². The Balaban J connectivity index is 2.78. The Bertz CT molecular complexity index is 339. The van der Waals surface area contributed by atoms with Crippen LogP contribution in [-0.4, -0.2) is 29.5 Å². The molecule has 0 heterocycles. The molecule has 0 fully saturated rings. The van der Waals surface area contributed by atoms with Crippen molar-refractivity contribution in [3.8, 4) is 5.75 Å². The molecule has 1 aromatic rings. The summed E-state index contributed by atoms with van der Waals surface area (Å²) in [6, 6.07) is 5.77. The van der Waals surface area contributed by atoms with Crippen LogP contribution in [0.1, 0.15) is 25.3 Å². The second kappa shape index (κ2) is 6.23.